The van der Waals surface area contributed by atoms with E-state index in [0.717, 1.165) is 5.69 Å². The fourth-order valence-electron chi connectivity index (χ4n) is 2.77. The highest BCUT2D eigenvalue weighted by atomic mass is 16.6. The first-order valence-corrected chi connectivity index (χ1v) is 7.91. The molecule has 0 bridgehead atoms. The van der Waals surface area contributed by atoms with Crippen molar-refractivity contribution in [3.8, 4) is 17.2 Å². The van der Waals surface area contributed by atoms with Gasteiger partial charge in [0.05, 0.1) is 20.1 Å². The molecule has 1 aliphatic heterocycles. The number of hydrogen-bond donors (Lipinski definition) is 0. The summed E-state index contributed by atoms with van der Waals surface area (Å²) in [5, 5.41) is 0. The molecule has 0 spiro atoms. The first kappa shape index (κ1) is 16.8. The van der Waals surface area contributed by atoms with Crippen LogP contribution in [0.25, 0.3) is 0 Å². The lowest BCUT2D eigenvalue weighted by atomic mass is 10.1. The minimum absolute atomic E-state index is 0.104. The van der Waals surface area contributed by atoms with Crippen LogP contribution in [0.1, 0.15) is 6.42 Å². The molecule has 0 unspecified atom stereocenters. The van der Waals surface area contributed by atoms with Crippen molar-refractivity contribution < 1.29 is 23.8 Å². The normalized spacial score (nSPS) is 16.6. The van der Waals surface area contributed by atoms with Crippen molar-refractivity contribution >= 4 is 17.6 Å². The van der Waals surface area contributed by atoms with Crippen LogP contribution >= 0.6 is 0 Å². The molecule has 1 atom stereocenters. The van der Waals surface area contributed by atoms with Gasteiger partial charge < -0.3 is 19.1 Å². The number of nitrogens with zero attached hydrogens (tertiary/aromatic N) is 1. The Kier molecular flexibility index (Phi) is 4.88. The Labute approximate surface area is 145 Å². The number of methoxy groups -OCH3 is 2. The van der Waals surface area contributed by atoms with Gasteiger partial charge in [-0.3, -0.25) is 9.59 Å². The van der Waals surface area contributed by atoms with Crippen molar-refractivity contribution in [3.63, 3.8) is 0 Å². The van der Waals surface area contributed by atoms with E-state index in [9.17, 15) is 9.59 Å². The van der Waals surface area contributed by atoms with Crippen LogP contribution in [0, 0.1) is 5.92 Å². The fraction of sp³-hybridized carbons (Fsp3) is 0.263. The van der Waals surface area contributed by atoms with Crippen molar-refractivity contribution in [2.75, 3.05) is 25.7 Å². The van der Waals surface area contributed by atoms with Gasteiger partial charge in [-0.1, -0.05) is 12.1 Å². The summed E-state index contributed by atoms with van der Waals surface area (Å²) in [5.41, 5.74) is 0.735. The van der Waals surface area contributed by atoms with Gasteiger partial charge in [-0.25, -0.2) is 0 Å². The molecule has 1 aliphatic rings. The highest BCUT2D eigenvalue weighted by Crippen LogP contribution is 2.30. The van der Waals surface area contributed by atoms with Gasteiger partial charge in [0.25, 0.3) is 0 Å². The molecule has 1 amide bonds. The second-order valence-corrected chi connectivity index (χ2v) is 5.68. The van der Waals surface area contributed by atoms with Crippen LogP contribution in [0.15, 0.2) is 48.5 Å². The topological polar surface area (TPSA) is 65.1 Å². The smallest absolute Gasteiger partial charge is 0.316 e. The zero-order chi connectivity index (χ0) is 17.8. The van der Waals surface area contributed by atoms with Crippen molar-refractivity contribution in [1.29, 1.82) is 0 Å². The summed E-state index contributed by atoms with van der Waals surface area (Å²) in [6.45, 7) is 0.291. The van der Waals surface area contributed by atoms with E-state index in [4.69, 9.17) is 14.2 Å². The Bertz CT molecular complexity index is 772. The number of ether oxygens (including phenoxy) is 3. The Balaban J connectivity index is 1.70. The third-order valence-electron chi connectivity index (χ3n) is 4.12. The van der Waals surface area contributed by atoms with Gasteiger partial charge in [0, 0.05) is 18.7 Å². The summed E-state index contributed by atoms with van der Waals surface area (Å²) < 4.78 is 15.7. The summed E-state index contributed by atoms with van der Waals surface area (Å²) >= 11 is 0. The van der Waals surface area contributed by atoms with Gasteiger partial charge in [-0.05, 0) is 36.4 Å². The van der Waals surface area contributed by atoms with Crippen LogP contribution in [-0.2, 0) is 9.59 Å². The molecule has 0 N–H and O–H groups in total. The van der Waals surface area contributed by atoms with Crippen LogP contribution < -0.4 is 19.1 Å². The average Bonchev–Trinajstić information content (AvgIpc) is 3.04. The minimum Gasteiger partial charge on any atom is -0.497 e. The number of carbonyl (C=O) groups is 2. The minimum atomic E-state index is -0.514. The van der Waals surface area contributed by atoms with E-state index in [-0.39, 0.29) is 12.3 Å². The SMILES string of the molecule is COc1ccc(N2C[C@H](C(=O)Oc3ccccc3OC)CC2=O)cc1. The molecule has 3 rings (SSSR count). The van der Waals surface area contributed by atoms with E-state index in [0.29, 0.717) is 23.8 Å². The van der Waals surface area contributed by atoms with Crippen molar-refractivity contribution in [2.24, 2.45) is 5.92 Å². The molecule has 0 aromatic heterocycles. The number of para-hydroxylation sites is 2. The second-order valence-electron chi connectivity index (χ2n) is 5.68. The fourth-order valence-corrected chi connectivity index (χ4v) is 2.77. The van der Waals surface area contributed by atoms with Crippen LogP contribution in [0.4, 0.5) is 5.69 Å². The molecule has 0 saturated carbocycles. The van der Waals surface area contributed by atoms with Crippen molar-refractivity contribution in [1.82, 2.24) is 0 Å². The lowest BCUT2D eigenvalue weighted by molar-refractivity contribution is -0.139. The molecule has 25 heavy (non-hydrogen) atoms. The maximum atomic E-state index is 12.4. The zero-order valence-corrected chi connectivity index (χ0v) is 14.1. The summed E-state index contributed by atoms with van der Waals surface area (Å²) in [4.78, 5) is 26.3. The second kappa shape index (κ2) is 7.25. The van der Waals surface area contributed by atoms with Gasteiger partial charge in [0.2, 0.25) is 5.91 Å². The van der Waals surface area contributed by atoms with E-state index in [1.165, 1.54) is 7.11 Å². The van der Waals surface area contributed by atoms with Crippen LogP contribution in [0.2, 0.25) is 0 Å². The Morgan fingerprint density at radius 3 is 2.32 bits per heavy atom. The molecule has 0 radical (unpaired) electrons. The van der Waals surface area contributed by atoms with Crippen LogP contribution in [-0.4, -0.2) is 32.6 Å². The standard InChI is InChI=1S/C19H19NO5/c1-23-15-9-7-14(8-10-15)20-12-13(11-18(20)21)19(22)25-17-6-4-3-5-16(17)24-2/h3-10,13H,11-12H2,1-2H3/t13-/m1/s1. The molecular weight excluding hydrogens is 322 g/mol. The highest BCUT2D eigenvalue weighted by Gasteiger charge is 2.36. The predicted molar refractivity (Wildman–Crippen MR) is 92.1 cm³/mol. The van der Waals surface area contributed by atoms with Crippen LogP contribution in [0.5, 0.6) is 17.2 Å². The summed E-state index contributed by atoms with van der Waals surface area (Å²) in [7, 11) is 3.09. The number of hydrogen-bond acceptors (Lipinski definition) is 5. The van der Waals surface area contributed by atoms with Gasteiger partial charge in [0.1, 0.15) is 5.75 Å². The van der Waals surface area contributed by atoms with E-state index in [2.05, 4.69) is 0 Å². The maximum absolute atomic E-state index is 12.4. The van der Waals surface area contributed by atoms with E-state index >= 15 is 0 Å². The molecule has 1 fully saturated rings. The quantitative estimate of drug-likeness (QED) is 0.618. The van der Waals surface area contributed by atoms with Gasteiger partial charge in [0.15, 0.2) is 11.5 Å². The highest BCUT2D eigenvalue weighted by molar-refractivity contribution is 5.99. The first-order chi connectivity index (χ1) is 12.1. The third-order valence-corrected chi connectivity index (χ3v) is 4.12. The molecule has 130 valence electrons. The number of amides is 1. The first-order valence-electron chi connectivity index (χ1n) is 7.91. The molecule has 1 saturated heterocycles. The third kappa shape index (κ3) is 3.57. The molecule has 1 heterocycles. The Morgan fingerprint density at radius 2 is 1.68 bits per heavy atom. The zero-order valence-electron chi connectivity index (χ0n) is 14.1. The average molecular weight is 341 g/mol. The maximum Gasteiger partial charge on any atom is 0.316 e. The largest absolute Gasteiger partial charge is 0.497 e. The lowest BCUT2D eigenvalue weighted by Crippen LogP contribution is -2.27. The Morgan fingerprint density at radius 1 is 1.00 bits per heavy atom. The van der Waals surface area contributed by atoms with E-state index in [1.54, 1.807) is 60.5 Å². The summed E-state index contributed by atoms with van der Waals surface area (Å²) in [5.74, 6) is 0.487. The molecule has 0 aliphatic carbocycles. The predicted octanol–water partition coefficient (Wildman–Crippen LogP) is 2.66. The molecule has 6 heteroatoms. The van der Waals surface area contributed by atoms with E-state index in [1.807, 2.05) is 0 Å². The number of benzene rings is 2. The lowest BCUT2D eigenvalue weighted by Gasteiger charge is -2.17. The molecule has 2 aromatic carbocycles. The molecular formula is C19H19NO5. The van der Waals surface area contributed by atoms with Crippen LogP contribution in [0.3, 0.4) is 0 Å². The van der Waals surface area contributed by atoms with Crippen molar-refractivity contribution in [2.45, 2.75) is 6.42 Å². The number of carbonyl (C=O) groups excluding carboxylic acids is 2. The van der Waals surface area contributed by atoms with Gasteiger partial charge in [-0.15, -0.1) is 0 Å². The number of esters is 1. The summed E-state index contributed by atoms with van der Waals surface area (Å²) in [6.07, 6.45) is 0.125. The van der Waals surface area contributed by atoms with Gasteiger partial charge >= 0.3 is 5.97 Å². The molecule has 2 aromatic rings. The van der Waals surface area contributed by atoms with E-state index < -0.39 is 11.9 Å². The number of anilines is 1. The van der Waals surface area contributed by atoms with Gasteiger partial charge in [-0.2, -0.15) is 0 Å². The molecule has 6 nitrogen and oxygen atoms in total. The monoisotopic (exact) mass is 341 g/mol. The Hall–Kier alpha value is -3.02. The van der Waals surface area contributed by atoms with Crippen molar-refractivity contribution in [3.05, 3.63) is 48.5 Å². The number of rotatable bonds is 5. The summed E-state index contributed by atoms with van der Waals surface area (Å²) in [6, 6.07) is 14.1.